The van der Waals surface area contributed by atoms with E-state index in [4.69, 9.17) is 5.73 Å². The van der Waals surface area contributed by atoms with Crippen LogP contribution in [0.25, 0.3) is 0 Å². The lowest BCUT2D eigenvalue weighted by molar-refractivity contribution is 0.706. The summed E-state index contributed by atoms with van der Waals surface area (Å²) < 4.78 is 0. The summed E-state index contributed by atoms with van der Waals surface area (Å²) in [7, 11) is 0. The molecule has 0 bridgehead atoms. The average molecular weight is 126 g/mol. The summed E-state index contributed by atoms with van der Waals surface area (Å²) in [6.45, 7) is 6.45. The van der Waals surface area contributed by atoms with Crippen molar-refractivity contribution in [2.24, 2.45) is 5.73 Å². The maximum Gasteiger partial charge on any atom is 0.140 e. The summed E-state index contributed by atoms with van der Waals surface area (Å²) in [6, 6.07) is 0. The van der Waals surface area contributed by atoms with E-state index >= 15 is 0 Å². The van der Waals surface area contributed by atoms with Crippen molar-refractivity contribution in [2.75, 3.05) is 6.54 Å². The zero-order valence-electron chi connectivity index (χ0n) is 5.91. The maximum atomic E-state index is 5.35. The fourth-order valence-electron chi connectivity index (χ4n) is 0.462. The lowest BCUT2D eigenvalue weighted by atomic mass is 10.3. The van der Waals surface area contributed by atoms with E-state index in [0.717, 1.165) is 13.0 Å². The molecule has 0 spiro atoms. The van der Waals surface area contributed by atoms with Gasteiger partial charge in [-0.15, -0.1) is 0 Å². The summed E-state index contributed by atoms with van der Waals surface area (Å²) >= 11 is 0. The first-order valence-electron chi connectivity index (χ1n) is 3.20. The van der Waals surface area contributed by atoms with Crippen molar-refractivity contribution < 1.29 is 0 Å². The van der Waals surface area contributed by atoms with Gasteiger partial charge in [-0.1, -0.05) is 25.7 Å². The van der Waals surface area contributed by atoms with Gasteiger partial charge < -0.3 is 11.1 Å². The van der Waals surface area contributed by atoms with Gasteiger partial charge in [0.15, 0.2) is 0 Å². The van der Waals surface area contributed by atoms with Crippen molar-refractivity contribution in [3.8, 4) is 0 Å². The largest absolute Gasteiger partial charge is 0.379 e. The van der Waals surface area contributed by atoms with Crippen molar-refractivity contribution in [3.63, 3.8) is 0 Å². The van der Waals surface area contributed by atoms with Gasteiger partial charge in [0, 0.05) is 6.54 Å². The van der Waals surface area contributed by atoms with E-state index in [0.29, 0.717) is 5.82 Å². The van der Waals surface area contributed by atoms with Crippen molar-refractivity contribution in [2.45, 2.75) is 19.8 Å². The van der Waals surface area contributed by atoms with Crippen LogP contribution in [0.15, 0.2) is 18.1 Å². The Bertz CT molecular complexity index is 112. The molecule has 0 rings (SSSR count). The third-order valence-electron chi connectivity index (χ3n) is 1.04. The normalized spacial score (nSPS) is 8.11. The first-order valence-corrected chi connectivity index (χ1v) is 3.20. The van der Waals surface area contributed by atoms with E-state index in [1.165, 1.54) is 6.42 Å². The van der Waals surface area contributed by atoms with Crippen molar-refractivity contribution in [3.05, 3.63) is 18.1 Å². The first kappa shape index (κ1) is 8.12. The number of unbranched alkanes of at least 4 members (excludes halogenated alkanes) is 1. The molecule has 0 radical (unpaired) electrons. The molecule has 0 aliphatic heterocycles. The van der Waals surface area contributed by atoms with Gasteiger partial charge in [0.25, 0.3) is 0 Å². The Morgan fingerprint density at radius 1 is 1.78 bits per heavy atom. The molecule has 2 nitrogen and oxygen atoms in total. The summed E-state index contributed by atoms with van der Waals surface area (Å²) in [5.41, 5.74) is 7.90. The standard InChI is InChI=1S/C7H14N2/c1-3-5-6-9-7(8)4-2/h9H,2-3,5-6,8H2,1H3. The van der Waals surface area contributed by atoms with Crippen LogP contribution in [-0.2, 0) is 0 Å². The van der Waals surface area contributed by atoms with Gasteiger partial charge in [-0.3, -0.25) is 0 Å². The summed E-state index contributed by atoms with van der Waals surface area (Å²) in [5, 5.41) is 2.95. The predicted octanol–water partition coefficient (Wildman–Crippen LogP) is 0.961. The third-order valence-corrected chi connectivity index (χ3v) is 1.04. The molecule has 0 saturated heterocycles. The van der Waals surface area contributed by atoms with Crippen molar-refractivity contribution >= 4 is 0 Å². The molecule has 0 aliphatic rings. The number of nitrogens with two attached hydrogens (primary N) is 1. The molecular weight excluding hydrogens is 112 g/mol. The second kappa shape index (κ2) is 5.26. The summed E-state index contributed by atoms with van der Waals surface area (Å²) in [4.78, 5) is 0. The highest BCUT2D eigenvalue weighted by atomic mass is 15.0. The number of nitrogens with one attached hydrogen (secondary N) is 1. The van der Waals surface area contributed by atoms with E-state index in [1.807, 2.05) is 0 Å². The zero-order chi connectivity index (χ0) is 7.11. The van der Waals surface area contributed by atoms with Gasteiger partial charge >= 0.3 is 0 Å². The second-order valence-corrected chi connectivity index (χ2v) is 1.87. The SMILES string of the molecule is C=C=C(N)NCCCC. The van der Waals surface area contributed by atoms with E-state index in [1.54, 1.807) is 0 Å². The van der Waals surface area contributed by atoms with E-state index in [9.17, 15) is 0 Å². The lowest BCUT2D eigenvalue weighted by Crippen LogP contribution is -2.19. The molecule has 0 fully saturated rings. The average Bonchev–Trinajstić information content (AvgIpc) is 1.89. The Balaban J connectivity index is 3.17. The molecule has 0 amide bonds. The molecule has 0 aromatic rings. The van der Waals surface area contributed by atoms with Gasteiger partial charge in [0.2, 0.25) is 0 Å². The highest BCUT2D eigenvalue weighted by Gasteiger charge is 1.83. The fraction of sp³-hybridized carbons (Fsp3) is 0.571. The molecule has 52 valence electrons. The van der Waals surface area contributed by atoms with E-state index in [2.05, 4.69) is 24.6 Å². The topological polar surface area (TPSA) is 38.0 Å². The molecule has 0 aromatic heterocycles. The Hall–Kier alpha value is -0.880. The molecule has 0 atom stereocenters. The zero-order valence-corrected chi connectivity index (χ0v) is 5.91. The number of rotatable bonds is 4. The van der Waals surface area contributed by atoms with Crippen LogP contribution in [0.4, 0.5) is 0 Å². The Labute approximate surface area is 56.4 Å². The molecule has 0 heterocycles. The van der Waals surface area contributed by atoms with Gasteiger partial charge in [0.05, 0.1) is 0 Å². The highest BCUT2D eigenvalue weighted by Crippen LogP contribution is 1.82. The molecular formula is C7H14N2. The Morgan fingerprint density at radius 2 is 2.44 bits per heavy atom. The van der Waals surface area contributed by atoms with Crippen LogP contribution in [0, 0.1) is 0 Å². The van der Waals surface area contributed by atoms with Crippen molar-refractivity contribution in [1.29, 1.82) is 0 Å². The van der Waals surface area contributed by atoms with Crippen LogP contribution in [0.3, 0.4) is 0 Å². The second-order valence-electron chi connectivity index (χ2n) is 1.87. The van der Waals surface area contributed by atoms with Crippen LogP contribution in [0.1, 0.15) is 19.8 Å². The van der Waals surface area contributed by atoms with Crippen LogP contribution < -0.4 is 11.1 Å². The smallest absolute Gasteiger partial charge is 0.140 e. The van der Waals surface area contributed by atoms with Crippen molar-refractivity contribution in [1.82, 2.24) is 5.32 Å². The van der Waals surface area contributed by atoms with Gasteiger partial charge in [-0.05, 0) is 6.42 Å². The molecule has 0 aromatic carbocycles. The third kappa shape index (κ3) is 4.98. The van der Waals surface area contributed by atoms with Crippen LogP contribution >= 0.6 is 0 Å². The minimum atomic E-state index is 0.545. The summed E-state index contributed by atoms with van der Waals surface area (Å²) in [5.74, 6) is 0.545. The molecule has 9 heavy (non-hydrogen) atoms. The highest BCUT2D eigenvalue weighted by molar-refractivity contribution is 4.88. The molecule has 3 N–H and O–H groups in total. The first-order chi connectivity index (χ1) is 4.31. The van der Waals surface area contributed by atoms with Crippen LogP contribution in [-0.4, -0.2) is 6.54 Å². The maximum absolute atomic E-state index is 5.35. The monoisotopic (exact) mass is 126 g/mol. The lowest BCUT2D eigenvalue weighted by Gasteiger charge is -2.00. The van der Waals surface area contributed by atoms with Gasteiger partial charge in [-0.2, -0.15) is 0 Å². The molecule has 2 heteroatoms. The number of hydrogen-bond donors (Lipinski definition) is 2. The summed E-state index contributed by atoms with van der Waals surface area (Å²) in [6.07, 6.45) is 2.32. The molecule has 0 unspecified atom stereocenters. The Morgan fingerprint density at radius 3 is 2.89 bits per heavy atom. The predicted molar refractivity (Wildman–Crippen MR) is 39.8 cm³/mol. The van der Waals surface area contributed by atoms with E-state index in [-0.39, 0.29) is 0 Å². The molecule has 0 saturated carbocycles. The quantitative estimate of drug-likeness (QED) is 0.435. The van der Waals surface area contributed by atoms with E-state index < -0.39 is 0 Å². The number of hydrogen-bond acceptors (Lipinski definition) is 2. The van der Waals surface area contributed by atoms with Gasteiger partial charge in [-0.25, -0.2) is 0 Å². The van der Waals surface area contributed by atoms with Crippen LogP contribution in [0.5, 0.6) is 0 Å². The van der Waals surface area contributed by atoms with Gasteiger partial charge in [0.1, 0.15) is 5.82 Å². The molecule has 0 aliphatic carbocycles. The fourth-order valence-corrected chi connectivity index (χ4v) is 0.462. The Kier molecular flexibility index (Phi) is 4.75. The minimum absolute atomic E-state index is 0.545. The minimum Gasteiger partial charge on any atom is -0.379 e. The van der Waals surface area contributed by atoms with Crippen LogP contribution in [0.2, 0.25) is 0 Å².